The van der Waals surface area contributed by atoms with E-state index in [-0.39, 0.29) is 0 Å². The molecule has 1 aromatic heterocycles. The monoisotopic (exact) mass is 260 g/mol. The Hall–Kier alpha value is -2.61. The van der Waals surface area contributed by atoms with E-state index in [1.807, 2.05) is 18.3 Å². The highest BCUT2D eigenvalue weighted by atomic mass is 14.8. The number of pyridine rings is 1. The number of nitrogen functional groups attached to an aromatic ring is 1. The SMILES string of the molecule is Cc1cc(N)ncc1-c1ccc(-c2ccccc2)cc1. The molecule has 98 valence electrons. The molecule has 0 saturated heterocycles. The number of nitrogens with zero attached hydrogens (tertiary/aromatic N) is 1. The zero-order valence-electron chi connectivity index (χ0n) is 11.4. The molecule has 3 aromatic rings. The van der Waals surface area contributed by atoms with Gasteiger partial charge in [-0.3, -0.25) is 0 Å². The molecular formula is C18H16N2. The summed E-state index contributed by atoms with van der Waals surface area (Å²) in [4.78, 5) is 4.17. The molecule has 2 heteroatoms. The third-order valence-corrected chi connectivity index (χ3v) is 3.43. The minimum absolute atomic E-state index is 0.562. The lowest BCUT2D eigenvalue weighted by molar-refractivity contribution is 1.29. The Morgan fingerprint density at radius 1 is 0.800 bits per heavy atom. The molecule has 2 N–H and O–H groups in total. The Balaban J connectivity index is 1.97. The largest absolute Gasteiger partial charge is 0.384 e. The third kappa shape index (κ3) is 2.41. The van der Waals surface area contributed by atoms with Gasteiger partial charge in [0.25, 0.3) is 0 Å². The van der Waals surface area contributed by atoms with Crippen molar-refractivity contribution < 1.29 is 0 Å². The van der Waals surface area contributed by atoms with E-state index in [1.54, 1.807) is 0 Å². The van der Waals surface area contributed by atoms with Crippen molar-refractivity contribution in [1.82, 2.24) is 4.98 Å². The summed E-state index contributed by atoms with van der Waals surface area (Å²) in [6.45, 7) is 2.05. The Bertz CT molecular complexity index is 716. The second kappa shape index (κ2) is 5.17. The van der Waals surface area contributed by atoms with Crippen LogP contribution in [-0.4, -0.2) is 4.98 Å². The molecule has 2 nitrogen and oxygen atoms in total. The maximum absolute atomic E-state index is 5.69. The van der Waals surface area contributed by atoms with Crippen molar-refractivity contribution >= 4 is 5.82 Å². The fourth-order valence-corrected chi connectivity index (χ4v) is 2.35. The van der Waals surface area contributed by atoms with Gasteiger partial charge in [-0.1, -0.05) is 54.6 Å². The van der Waals surface area contributed by atoms with Gasteiger partial charge in [0.05, 0.1) is 0 Å². The van der Waals surface area contributed by atoms with Crippen molar-refractivity contribution in [2.45, 2.75) is 6.92 Å². The van der Waals surface area contributed by atoms with E-state index in [4.69, 9.17) is 5.73 Å². The van der Waals surface area contributed by atoms with Crippen LogP contribution in [0.25, 0.3) is 22.3 Å². The number of benzene rings is 2. The van der Waals surface area contributed by atoms with Crippen molar-refractivity contribution in [3.8, 4) is 22.3 Å². The lowest BCUT2D eigenvalue weighted by Crippen LogP contribution is -1.92. The molecule has 0 aliphatic heterocycles. The van der Waals surface area contributed by atoms with Crippen LogP contribution in [0.1, 0.15) is 5.56 Å². The number of nitrogens with two attached hydrogens (primary N) is 1. The first-order valence-electron chi connectivity index (χ1n) is 6.62. The molecular weight excluding hydrogens is 244 g/mol. The molecule has 0 atom stereocenters. The zero-order chi connectivity index (χ0) is 13.9. The fourth-order valence-electron chi connectivity index (χ4n) is 2.35. The number of hydrogen-bond donors (Lipinski definition) is 1. The molecule has 0 spiro atoms. The van der Waals surface area contributed by atoms with Gasteiger partial charge in [0.1, 0.15) is 5.82 Å². The summed E-state index contributed by atoms with van der Waals surface area (Å²) in [6.07, 6.45) is 1.84. The zero-order valence-corrected chi connectivity index (χ0v) is 11.4. The van der Waals surface area contributed by atoms with Gasteiger partial charge in [-0.25, -0.2) is 4.98 Å². The first-order valence-corrected chi connectivity index (χ1v) is 6.62. The van der Waals surface area contributed by atoms with Crippen molar-refractivity contribution in [1.29, 1.82) is 0 Å². The number of anilines is 1. The molecule has 3 rings (SSSR count). The fraction of sp³-hybridized carbons (Fsp3) is 0.0556. The van der Waals surface area contributed by atoms with Crippen LogP contribution in [0.2, 0.25) is 0 Å². The topological polar surface area (TPSA) is 38.9 Å². The molecule has 0 saturated carbocycles. The van der Waals surface area contributed by atoms with Gasteiger partial charge < -0.3 is 5.73 Å². The number of rotatable bonds is 2. The summed E-state index contributed by atoms with van der Waals surface area (Å²) in [5, 5.41) is 0. The molecule has 20 heavy (non-hydrogen) atoms. The smallest absolute Gasteiger partial charge is 0.123 e. The first-order chi connectivity index (χ1) is 9.74. The Labute approximate surface area is 118 Å². The van der Waals surface area contributed by atoms with Gasteiger partial charge in [0.2, 0.25) is 0 Å². The molecule has 0 fully saturated rings. The van der Waals surface area contributed by atoms with Crippen molar-refractivity contribution in [2.24, 2.45) is 0 Å². The average Bonchev–Trinajstić information content (AvgIpc) is 2.48. The van der Waals surface area contributed by atoms with E-state index >= 15 is 0 Å². The summed E-state index contributed by atoms with van der Waals surface area (Å²) in [5.74, 6) is 0.562. The average molecular weight is 260 g/mol. The van der Waals surface area contributed by atoms with Crippen molar-refractivity contribution in [2.75, 3.05) is 5.73 Å². The molecule has 0 unspecified atom stereocenters. The molecule has 0 amide bonds. The molecule has 0 bridgehead atoms. The van der Waals surface area contributed by atoms with E-state index in [1.165, 1.54) is 11.1 Å². The quantitative estimate of drug-likeness (QED) is 0.745. The van der Waals surface area contributed by atoms with Crippen LogP contribution in [0.4, 0.5) is 5.82 Å². The summed E-state index contributed by atoms with van der Waals surface area (Å²) in [5.41, 5.74) is 11.6. The normalized spacial score (nSPS) is 10.4. The van der Waals surface area contributed by atoms with Crippen LogP contribution in [-0.2, 0) is 0 Å². The summed E-state index contributed by atoms with van der Waals surface area (Å²) >= 11 is 0. The third-order valence-electron chi connectivity index (χ3n) is 3.43. The van der Waals surface area contributed by atoms with Crippen LogP contribution in [0.15, 0.2) is 66.9 Å². The predicted octanol–water partition coefficient (Wildman–Crippen LogP) is 4.31. The highest BCUT2D eigenvalue weighted by molar-refractivity contribution is 5.72. The number of hydrogen-bond acceptors (Lipinski definition) is 2. The van der Waals surface area contributed by atoms with E-state index in [0.29, 0.717) is 5.82 Å². The molecule has 0 radical (unpaired) electrons. The van der Waals surface area contributed by atoms with Crippen molar-refractivity contribution in [3.63, 3.8) is 0 Å². The van der Waals surface area contributed by atoms with Crippen molar-refractivity contribution in [3.05, 3.63) is 72.4 Å². The summed E-state index contributed by atoms with van der Waals surface area (Å²) < 4.78 is 0. The highest BCUT2D eigenvalue weighted by Gasteiger charge is 2.04. The molecule has 0 aliphatic carbocycles. The minimum Gasteiger partial charge on any atom is -0.384 e. The second-order valence-electron chi connectivity index (χ2n) is 4.87. The van der Waals surface area contributed by atoms with Crippen LogP contribution in [0.3, 0.4) is 0 Å². The summed E-state index contributed by atoms with van der Waals surface area (Å²) in [7, 11) is 0. The lowest BCUT2D eigenvalue weighted by atomic mass is 9.99. The molecule has 1 heterocycles. The first kappa shape index (κ1) is 12.4. The van der Waals surface area contributed by atoms with Crippen LogP contribution < -0.4 is 5.73 Å². The number of aromatic nitrogens is 1. The van der Waals surface area contributed by atoms with Gasteiger partial charge >= 0.3 is 0 Å². The van der Waals surface area contributed by atoms with E-state index in [2.05, 4.69) is 60.4 Å². The van der Waals surface area contributed by atoms with Gasteiger partial charge in [0, 0.05) is 11.8 Å². The van der Waals surface area contributed by atoms with E-state index in [0.717, 1.165) is 16.7 Å². The van der Waals surface area contributed by atoms with E-state index < -0.39 is 0 Å². The lowest BCUT2D eigenvalue weighted by Gasteiger charge is -2.08. The van der Waals surface area contributed by atoms with Gasteiger partial charge in [-0.15, -0.1) is 0 Å². The maximum atomic E-state index is 5.69. The Kier molecular flexibility index (Phi) is 3.21. The van der Waals surface area contributed by atoms with Crippen LogP contribution in [0.5, 0.6) is 0 Å². The standard InChI is InChI=1S/C18H16N2/c1-13-11-18(19)20-12-17(13)16-9-7-15(8-10-16)14-5-3-2-4-6-14/h2-12H,1H3,(H2,19,20). The van der Waals surface area contributed by atoms with Crippen LogP contribution >= 0.6 is 0 Å². The Morgan fingerprint density at radius 3 is 2.05 bits per heavy atom. The minimum atomic E-state index is 0.562. The van der Waals surface area contributed by atoms with Gasteiger partial charge in [-0.2, -0.15) is 0 Å². The highest BCUT2D eigenvalue weighted by Crippen LogP contribution is 2.26. The molecule has 2 aromatic carbocycles. The number of aryl methyl sites for hydroxylation is 1. The Morgan fingerprint density at radius 2 is 1.40 bits per heavy atom. The molecule has 0 aliphatic rings. The van der Waals surface area contributed by atoms with Gasteiger partial charge in [-0.05, 0) is 35.2 Å². The maximum Gasteiger partial charge on any atom is 0.123 e. The predicted molar refractivity (Wildman–Crippen MR) is 84.3 cm³/mol. The summed E-state index contributed by atoms with van der Waals surface area (Å²) in [6, 6.07) is 20.8. The van der Waals surface area contributed by atoms with E-state index in [9.17, 15) is 0 Å². The second-order valence-corrected chi connectivity index (χ2v) is 4.87. The van der Waals surface area contributed by atoms with Crippen LogP contribution in [0, 0.1) is 6.92 Å². The van der Waals surface area contributed by atoms with Gasteiger partial charge in [0.15, 0.2) is 0 Å².